The number of phenolic OH excluding ortho intramolecular Hbond substituents is 1. The van der Waals surface area contributed by atoms with E-state index < -0.39 is 0 Å². The summed E-state index contributed by atoms with van der Waals surface area (Å²) in [5, 5.41) is 14.9. The molecule has 0 bridgehead atoms. The summed E-state index contributed by atoms with van der Waals surface area (Å²) in [6.45, 7) is 8.26. The number of nitrogens with one attached hydrogen (secondary N) is 2. The lowest BCUT2D eigenvalue weighted by atomic mass is 10.1. The smallest absolute Gasteiger partial charge is 0.319 e. The number of hydrogen-bond acceptors (Lipinski definition) is 3. The Morgan fingerprint density at radius 2 is 2.05 bits per heavy atom. The van der Waals surface area contributed by atoms with E-state index in [9.17, 15) is 14.7 Å². The van der Waals surface area contributed by atoms with E-state index in [0.717, 1.165) is 5.56 Å². The number of hydrogen-bond donors (Lipinski definition) is 3. The van der Waals surface area contributed by atoms with Crippen LogP contribution in [0.1, 0.15) is 32.8 Å². The maximum atomic E-state index is 12.1. The first-order valence-corrected chi connectivity index (χ1v) is 7.34. The number of benzene rings is 1. The van der Waals surface area contributed by atoms with E-state index in [1.54, 1.807) is 24.0 Å². The van der Waals surface area contributed by atoms with Crippen molar-refractivity contribution in [3.63, 3.8) is 0 Å². The summed E-state index contributed by atoms with van der Waals surface area (Å²) in [6.07, 6.45) is 0.319. The maximum absolute atomic E-state index is 12.1. The minimum atomic E-state index is -0.345. The fourth-order valence-electron chi connectivity index (χ4n) is 2.58. The number of aryl methyl sites for hydroxylation is 1. The zero-order valence-corrected chi connectivity index (χ0v) is 13.4. The molecule has 0 spiro atoms. The topological polar surface area (TPSA) is 81.7 Å². The first kappa shape index (κ1) is 16.1. The molecule has 3 amide bonds. The Hall–Kier alpha value is -2.24. The van der Waals surface area contributed by atoms with Gasteiger partial charge >= 0.3 is 6.03 Å². The molecule has 0 aromatic heterocycles. The molecule has 22 heavy (non-hydrogen) atoms. The van der Waals surface area contributed by atoms with Crippen LogP contribution in [0.2, 0.25) is 0 Å². The van der Waals surface area contributed by atoms with Crippen LogP contribution in [0.4, 0.5) is 10.5 Å². The molecule has 1 aromatic carbocycles. The zero-order chi connectivity index (χ0) is 16.5. The average molecular weight is 305 g/mol. The summed E-state index contributed by atoms with van der Waals surface area (Å²) in [6, 6.07) is 4.21. The molecule has 1 heterocycles. The first-order valence-electron chi connectivity index (χ1n) is 7.34. The van der Waals surface area contributed by atoms with Crippen LogP contribution in [0.3, 0.4) is 0 Å². The molecule has 6 nitrogen and oxygen atoms in total. The lowest BCUT2D eigenvalue weighted by Gasteiger charge is -2.32. The summed E-state index contributed by atoms with van der Waals surface area (Å²) in [5.41, 5.74) is 1.17. The molecule has 1 aromatic rings. The lowest BCUT2D eigenvalue weighted by molar-refractivity contribution is -0.131. The highest BCUT2D eigenvalue weighted by Crippen LogP contribution is 2.23. The zero-order valence-electron chi connectivity index (χ0n) is 13.4. The van der Waals surface area contributed by atoms with Gasteiger partial charge in [0.1, 0.15) is 5.75 Å². The molecule has 3 N–H and O–H groups in total. The average Bonchev–Trinajstić information content (AvgIpc) is 2.73. The number of likely N-dealkylation sites (tertiary alicyclic amines) is 1. The van der Waals surface area contributed by atoms with Crippen molar-refractivity contribution >= 4 is 17.6 Å². The second-order valence-electron chi connectivity index (χ2n) is 6.67. The molecule has 6 heteroatoms. The van der Waals surface area contributed by atoms with Crippen LogP contribution in [0.15, 0.2) is 18.2 Å². The number of aromatic hydroxyl groups is 1. The van der Waals surface area contributed by atoms with E-state index in [1.165, 1.54) is 6.07 Å². The van der Waals surface area contributed by atoms with Crippen LogP contribution in [0.5, 0.6) is 5.75 Å². The van der Waals surface area contributed by atoms with Gasteiger partial charge in [-0.05, 0) is 51.5 Å². The van der Waals surface area contributed by atoms with Gasteiger partial charge in [-0.15, -0.1) is 0 Å². The van der Waals surface area contributed by atoms with E-state index in [4.69, 9.17) is 0 Å². The van der Waals surface area contributed by atoms with Gasteiger partial charge in [-0.2, -0.15) is 0 Å². The normalized spacial score (nSPS) is 18.5. The van der Waals surface area contributed by atoms with Gasteiger partial charge in [-0.25, -0.2) is 4.79 Å². The van der Waals surface area contributed by atoms with Gasteiger partial charge in [0.25, 0.3) is 0 Å². The van der Waals surface area contributed by atoms with Crippen molar-refractivity contribution in [3.8, 4) is 5.75 Å². The molecule has 0 aliphatic carbocycles. The van der Waals surface area contributed by atoms with Crippen molar-refractivity contribution in [2.24, 2.45) is 0 Å². The van der Waals surface area contributed by atoms with Gasteiger partial charge < -0.3 is 20.6 Å². The monoisotopic (exact) mass is 305 g/mol. The first-order chi connectivity index (χ1) is 10.2. The van der Waals surface area contributed by atoms with Crippen molar-refractivity contribution in [1.29, 1.82) is 0 Å². The summed E-state index contributed by atoms with van der Waals surface area (Å²) < 4.78 is 0. The Bertz CT molecular complexity index is 593. The fourth-order valence-corrected chi connectivity index (χ4v) is 2.58. The molecular weight excluding hydrogens is 282 g/mol. The Labute approximate surface area is 130 Å². The minimum Gasteiger partial charge on any atom is -0.508 e. The third kappa shape index (κ3) is 3.69. The maximum Gasteiger partial charge on any atom is 0.319 e. The molecule has 1 fully saturated rings. The summed E-state index contributed by atoms with van der Waals surface area (Å²) in [4.78, 5) is 25.8. The third-order valence-corrected chi connectivity index (χ3v) is 3.73. The quantitative estimate of drug-likeness (QED) is 0.733. The standard InChI is InChI=1S/C16H23N3O3/c1-10-7-12(20)5-6-13(10)18-15(22)17-11-8-14(21)19(9-11)16(2,3)4/h5-7,11,20H,8-9H2,1-4H3,(H2,17,18,22). The van der Waals surface area contributed by atoms with Crippen molar-refractivity contribution < 1.29 is 14.7 Å². The van der Waals surface area contributed by atoms with Crippen molar-refractivity contribution in [1.82, 2.24) is 10.2 Å². The molecule has 2 rings (SSSR count). The molecular formula is C16H23N3O3. The number of rotatable bonds is 2. The lowest BCUT2D eigenvalue weighted by Crippen LogP contribution is -2.45. The Morgan fingerprint density at radius 1 is 1.36 bits per heavy atom. The van der Waals surface area contributed by atoms with Crippen LogP contribution in [0, 0.1) is 6.92 Å². The van der Waals surface area contributed by atoms with Crippen molar-refractivity contribution in [3.05, 3.63) is 23.8 Å². The van der Waals surface area contributed by atoms with Crippen molar-refractivity contribution in [2.75, 3.05) is 11.9 Å². The van der Waals surface area contributed by atoms with Gasteiger partial charge in [-0.1, -0.05) is 0 Å². The number of amides is 3. The molecule has 0 radical (unpaired) electrons. The van der Waals surface area contributed by atoms with E-state index in [1.807, 2.05) is 20.8 Å². The van der Waals surface area contributed by atoms with Gasteiger partial charge in [0.15, 0.2) is 0 Å². The van der Waals surface area contributed by atoms with Crippen LogP contribution in [-0.2, 0) is 4.79 Å². The van der Waals surface area contributed by atoms with Crippen LogP contribution >= 0.6 is 0 Å². The minimum absolute atomic E-state index is 0.0543. The molecule has 0 saturated carbocycles. The third-order valence-electron chi connectivity index (χ3n) is 3.73. The predicted octanol–water partition coefficient (Wildman–Crippen LogP) is 2.22. The number of nitrogens with zero attached hydrogens (tertiary/aromatic N) is 1. The van der Waals surface area contributed by atoms with Crippen LogP contribution in [0.25, 0.3) is 0 Å². The second kappa shape index (κ2) is 5.87. The van der Waals surface area contributed by atoms with E-state index in [-0.39, 0.29) is 29.3 Å². The highest BCUT2D eigenvalue weighted by molar-refractivity contribution is 5.91. The number of phenols is 1. The molecule has 1 saturated heterocycles. The summed E-state index contributed by atoms with van der Waals surface area (Å²) in [7, 11) is 0. The van der Waals surface area contributed by atoms with Crippen LogP contribution in [-0.4, -0.2) is 40.1 Å². The number of urea groups is 1. The van der Waals surface area contributed by atoms with Gasteiger partial charge in [0.05, 0.1) is 6.04 Å². The Morgan fingerprint density at radius 3 is 2.59 bits per heavy atom. The van der Waals surface area contributed by atoms with Crippen molar-refractivity contribution in [2.45, 2.75) is 45.7 Å². The summed E-state index contributed by atoms with van der Waals surface area (Å²) >= 11 is 0. The highest BCUT2D eigenvalue weighted by atomic mass is 16.3. The second-order valence-corrected chi connectivity index (χ2v) is 6.67. The largest absolute Gasteiger partial charge is 0.508 e. The van der Waals surface area contributed by atoms with Gasteiger partial charge in [0.2, 0.25) is 5.91 Å². The van der Waals surface area contributed by atoms with E-state index in [0.29, 0.717) is 18.7 Å². The molecule has 1 aliphatic rings. The van der Waals surface area contributed by atoms with Gasteiger partial charge in [-0.3, -0.25) is 4.79 Å². The number of anilines is 1. The molecule has 1 atom stereocenters. The highest BCUT2D eigenvalue weighted by Gasteiger charge is 2.36. The molecule has 120 valence electrons. The Kier molecular flexibility index (Phi) is 4.30. The van der Waals surface area contributed by atoms with Crippen LogP contribution < -0.4 is 10.6 Å². The van der Waals surface area contributed by atoms with E-state index in [2.05, 4.69) is 10.6 Å². The predicted molar refractivity (Wildman–Crippen MR) is 84.9 cm³/mol. The SMILES string of the molecule is Cc1cc(O)ccc1NC(=O)NC1CC(=O)N(C(C)(C)C)C1. The number of carbonyl (C=O) groups is 2. The summed E-state index contributed by atoms with van der Waals surface area (Å²) in [5.74, 6) is 0.212. The molecule has 1 unspecified atom stereocenters. The Balaban J connectivity index is 1.94. The van der Waals surface area contributed by atoms with E-state index >= 15 is 0 Å². The fraction of sp³-hybridized carbons (Fsp3) is 0.500. The molecule has 1 aliphatic heterocycles. The van der Waals surface area contributed by atoms with Gasteiger partial charge in [0, 0.05) is 24.2 Å². The number of carbonyl (C=O) groups excluding carboxylic acids is 2.